The van der Waals surface area contributed by atoms with Crippen LogP contribution in [0.15, 0.2) is 0 Å². The Morgan fingerprint density at radius 2 is 1.54 bits per heavy atom. The van der Waals surface area contributed by atoms with Crippen LogP contribution in [0.1, 0.15) is 68.2 Å². The molecule has 1 N–H and O–H groups in total. The predicted molar refractivity (Wildman–Crippen MR) is 104 cm³/mol. The van der Waals surface area contributed by atoms with Gasteiger partial charge in [-0.15, -0.1) is 0 Å². The van der Waals surface area contributed by atoms with Gasteiger partial charge in [-0.1, -0.05) is 0 Å². The number of ether oxygens (including phenoxy) is 3. The van der Waals surface area contributed by atoms with E-state index in [0.29, 0.717) is 25.9 Å². The van der Waals surface area contributed by atoms with Gasteiger partial charge in [-0.2, -0.15) is 0 Å². The van der Waals surface area contributed by atoms with E-state index in [1.54, 1.807) is 0 Å². The number of carboxylic acid groups (broad SMARTS) is 1. The molecule has 3 rings (SSSR count). The number of aliphatic carboxylic acids is 1. The van der Waals surface area contributed by atoms with Crippen molar-refractivity contribution in [3.63, 3.8) is 0 Å². The minimum absolute atomic E-state index is 0.110. The Balaban J connectivity index is 1.89. The van der Waals surface area contributed by atoms with E-state index in [0.717, 1.165) is 48.3 Å². The molecule has 2 atom stereocenters. The smallest absolute Gasteiger partial charge is 0.303 e. The molecular weight excluding hydrogens is 360 g/mol. The van der Waals surface area contributed by atoms with Crippen LogP contribution in [0.2, 0.25) is 0 Å². The van der Waals surface area contributed by atoms with E-state index in [1.165, 1.54) is 11.1 Å². The SMILES string of the molecule is Cc1c(C)c2c(c3c1OC(C)(CCOC=O)CC3)CCC(C)(CCC(=O)O)O2. The summed E-state index contributed by atoms with van der Waals surface area (Å²) in [4.78, 5) is 21.4. The summed E-state index contributed by atoms with van der Waals surface area (Å²) in [6, 6.07) is 0. The van der Waals surface area contributed by atoms with Crippen molar-refractivity contribution in [2.24, 2.45) is 0 Å². The van der Waals surface area contributed by atoms with Gasteiger partial charge in [-0.05, 0) is 70.9 Å². The van der Waals surface area contributed by atoms with Crippen molar-refractivity contribution < 1.29 is 28.9 Å². The van der Waals surface area contributed by atoms with Crippen molar-refractivity contribution in [2.45, 2.75) is 83.8 Å². The summed E-state index contributed by atoms with van der Waals surface area (Å²) >= 11 is 0. The Morgan fingerprint density at radius 3 is 2.00 bits per heavy atom. The van der Waals surface area contributed by atoms with E-state index in [1.807, 2.05) is 13.8 Å². The summed E-state index contributed by atoms with van der Waals surface area (Å²) < 4.78 is 17.7. The van der Waals surface area contributed by atoms with Crippen molar-refractivity contribution in [1.29, 1.82) is 0 Å². The van der Waals surface area contributed by atoms with Crippen LogP contribution in [0.5, 0.6) is 11.5 Å². The average Bonchev–Trinajstić information content (AvgIpc) is 2.65. The number of hydrogen-bond donors (Lipinski definition) is 1. The highest BCUT2D eigenvalue weighted by Crippen LogP contribution is 2.48. The van der Waals surface area contributed by atoms with E-state index in [9.17, 15) is 9.59 Å². The van der Waals surface area contributed by atoms with E-state index < -0.39 is 11.6 Å². The molecule has 2 unspecified atom stereocenters. The van der Waals surface area contributed by atoms with Gasteiger partial charge in [-0.25, -0.2) is 0 Å². The molecule has 1 aromatic carbocycles. The summed E-state index contributed by atoms with van der Waals surface area (Å²) in [6.07, 6.45) is 4.68. The standard InChI is InChI=1S/C22H30O6/c1-14-15(2)20-17(6-9-22(4,28-20)11-12-26-13-23)16-5-8-21(3,27-19(14)16)10-7-18(24)25/h13H,5-12H2,1-4H3,(H,24,25). The van der Waals surface area contributed by atoms with Crippen LogP contribution in [-0.4, -0.2) is 35.4 Å². The van der Waals surface area contributed by atoms with Gasteiger partial charge in [-0.3, -0.25) is 9.59 Å². The maximum Gasteiger partial charge on any atom is 0.303 e. The molecule has 0 aliphatic carbocycles. The first-order valence-corrected chi connectivity index (χ1v) is 9.98. The Hall–Kier alpha value is -2.24. The molecule has 2 aliphatic heterocycles. The second-order valence-electron chi connectivity index (χ2n) is 8.58. The van der Waals surface area contributed by atoms with Crippen LogP contribution in [0.3, 0.4) is 0 Å². The van der Waals surface area contributed by atoms with Gasteiger partial charge >= 0.3 is 5.97 Å². The third-order valence-electron chi connectivity index (χ3n) is 6.35. The molecule has 0 radical (unpaired) electrons. The molecule has 154 valence electrons. The van der Waals surface area contributed by atoms with Crippen molar-refractivity contribution in [1.82, 2.24) is 0 Å². The summed E-state index contributed by atoms with van der Waals surface area (Å²) in [5, 5.41) is 9.04. The molecule has 6 heteroatoms. The van der Waals surface area contributed by atoms with Crippen molar-refractivity contribution in [3.8, 4) is 11.5 Å². The molecule has 0 amide bonds. The van der Waals surface area contributed by atoms with Gasteiger partial charge < -0.3 is 19.3 Å². The topological polar surface area (TPSA) is 82.1 Å². The number of fused-ring (bicyclic) bond motifs is 3. The van der Waals surface area contributed by atoms with Crippen LogP contribution < -0.4 is 9.47 Å². The van der Waals surface area contributed by atoms with Gasteiger partial charge in [0.2, 0.25) is 0 Å². The van der Waals surface area contributed by atoms with E-state index >= 15 is 0 Å². The third kappa shape index (κ3) is 3.96. The lowest BCUT2D eigenvalue weighted by molar-refractivity contribution is -0.138. The maximum atomic E-state index is 11.0. The van der Waals surface area contributed by atoms with Crippen LogP contribution in [-0.2, 0) is 27.2 Å². The first kappa shape index (κ1) is 20.5. The predicted octanol–water partition coefficient (Wildman–Crippen LogP) is 3.90. The first-order chi connectivity index (χ1) is 13.2. The zero-order valence-corrected chi connectivity index (χ0v) is 17.2. The third-order valence-corrected chi connectivity index (χ3v) is 6.35. The molecule has 28 heavy (non-hydrogen) atoms. The minimum atomic E-state index is -0.791. The molecule has 0 spiro atoms. The highest BCUT2D eigenvalue weighted by Gasteiger charge is 2.39. The maximum absolute atomic E-state index is 11.0. The van der Waals surface area contributed by atoms with Crippen molar-refractivity contribution >= 4 is 12.4 Å². The lowest BCUT2D eigenvalue weighted by Gasteiger charge is -2.42. The first-order valence-electron chi connectivity index (χ1n) is 9.98. The molecule has 2 aliphatic rings. The molecule has 0 saturated carbocycles. The van der Waals surface area contributed by atoms with Gasteiger partial charge in [0.05, 0.1) is 6.61 Å². The number of rotatable bonds is 7. The normalized spacial score (nSPS) is 25.7. The number of carbonyl (C=O) groups is 2. The molecular formula is C22H30O6. The zero-order chi connectivity index (χ0) is 20.5. The fourth-order valence-electron chi connectivity index (χ4n) is 4.29. The van der Waals surface area contributed by atoms with Gasteiger partial charge in [0, 0.05) is 24.0 Å². The fourth-order valence-corrected chi connectivity index (χ4v) is 4.29. The van der Waals surface area contributed by atoms with Gasteiger partial charge in [0.15, 0.2) is 0 Å². The molecule has 2 heterocycles. The van der Waals surface area contributed by atoms with E-state index in [4.69, 9.17) is 19.3 Å². The summed E-state index contributed by atoms with van der Waals surface area (Å²) in [7, 11) is 0. The molecule has 0 aromatic heterocycles. The Bertz CT molecular complexity index is 786. The second kappa shape index (κ2) is 7.64. The highest BCUT2D eigenvalue weighted by atomic mass is 16.5. The fraction of sp³-hybridized carbons (Fsp3) is 0.636. The monoisotopic (exact) mass is 390 g/mol. The number of carboxylic acids is 1. The molecule has 1 aromatic rings. The molecule has 0 fully saturated rings. The Labute approximate surface area is 166 Å². The van der Waals surface area contributed by atoms with Gasteiger partial charge in [0.25, 0.3) is 6.47 Å². The number of benzene rings is 1. The van der Waals surface area contributed by atoms with Crippen LogP contribution >= 0.6 is 0 Å². The van der Waals surface area contributed by atoms with Crippen molar-refractivity contribution in [2.75, 3.05) is 6.61 Å². The van der Waals surface area contributed by atoms with Gasteiger partial charge in [0.1, 0.15) is 22.7 Å². The van der Waals surface area contributed by atoms with Crippen molar-refractivity contribution in [3.05, 3.63) is 22.3 Å². The average molecular weight is 390 g/mol. The summed E-state index contributed by atoms with van der Waals surface area (Å²) in [5.74, 6) is 1.06. The lowest BCUT2D eigenvalue weighted by atomic mass is 9.81. The van der Waals surface area contributed by atoms with Crippen LogP contribution in [0.25, 0.3) is 0 Å². The molecule has 6 nitrogen and oxygen atoms in total. The summed E-state index contributed by atoms with van der Waals surface area (Å²) in [6.45, 7) is 9.00. The number of hydrogen-bond acceptors (Lipinski definition) is 5. The molecule has 0 saturated heterocycles. The largest absolute Gasteiger partial charge is 0.487 e. The minimum Gasteiger partial charge on any atom is -0.487 e. The summed E-state index contributed by atoms with van der Waals surface area (Å²) in [5.41, 5.74) is 3.74. The lowest BCUT2D eigenvalue weighted by Crippen LogP contribution is -2.40. The number of carbonyl (C=O) groups excluding carboxylic acids is 1. The van der Waals surface area contributed by atoms with E-state index in [-0.39, 0.29) is 12.0 Å². The van der Waals surface area contributed by atoms with Crippen LogP contribution in [0.4, 0.5) is 0 Å². The Kier molecular flexibility index (Phi) is 5.60. The van der Waals surface area contributed by atoms with Crippen LogP contribution in [0, 0.1) is 13.8 Å². The Morgan fingerprint density at radius 1 is 1.04 bits per heavy atom. The quantitative estimate of drug-likeness (QED) is 0.562. The van der Waals surface area contributed by atoms with E-state index in [2.05, 4.69) is 13.8 Å². The molecule has 0 bridgehead atoms. The second-order valence-corrected chi connectivity index (χ2v) is 8.58. The zero-order valence-electron chi connectivity index (χ0n) is 17.2. The highest BCUT2D eigenvalue weighted by molar-refractivity contribution is 5.67.